The number of nitrogens with one attached hydrogen (secondary N) is 1. The van der Waals surface area contributed by atoms with E-state index in [1.807, 2.05) is 35.7 Å². The third-order valence-electron chi connectivity index (χ3n) is 3.01. The summed E-state index contributed by atoms with van der Waals surface area (Å²) in [5.41, 5.74) is 3.12. The van der Waals surface area contributed by atoms with E-state index in [0.29, 0.717) is 0 Å². The Bertz CT molecular complexity index is 652. The van der Waals surface area contributed by atoms with Crippen molar-refractivity contribution in [2.24, 2.45) is 0 Å². The van der Waals surface area contributed by atoms with Crippen LogP contribution in [0, 0.1) is 6.92 Å². The summed E-state index contributed by atoms with van der Waals surface area (Å²) in [6, 6.07) is 6.27. The van der Waals surface area contributed by atoms with Crippen LogP contribution < -0.4 is 5.32 Å². The first-order chi connectivity index (χ1) is 9.22. The van der Waals surface area contributed by atoms with Gasteiger partial charge in [0.05, 0.1) is 11.7 Å². The third kappa shape index (κ3) is 2.67. The summed E-state index contributed by atoms with van der Waals surface area (Å²) in [6.45, 7) is 4.91. The van der Waals surface area contributed by atoms with Crippen LogP contribution in [0.5, 0.6) is 0 Å². The fourth-order valence-electron chi connectivity index (χ4n) is 1.99. The van der Waals surface area contributed by atoms with Gasteiger partial charge in [0.25, 0.3) is 0 Å². The van der Waals surface area contributed by atoms with E-state index in [0.717, 1.165) is 28.6 Å². The highest BCUT2D eigenvalue weighted by Crippen LogP contribution is 2.17. The number of aryl methyl sites for hydroxylation is 1. The molecule has 0 radical (unpaired) electrons. The number of hydrogen-bond acceptors (Lipinski definition) is 4. The molecular formula is C14H16N4S. The quantitative estimate of drug-likeness (QED) is 0.794. The number of nitrogens with zero attached hydrogens (tertiary/aromatic N) is 3. The zero-order chi connectivity index (χ0) is 13.2. The first-order valence-corrected chi connectivity index (χ1v) is 7.18. The number of rotatable bonds is 4. The summed E-state index contributed by atoms with van der Waals surface area (Å²) in [7, 11) is 0. The molecule has 5 heteroatoms. The van der Waals surface area contributed by atoms with Crippen molar-refractivity contribution in [3.8, 4) is 0 Å². The van der Waals surface area contributed by atoms with Crippen LogP contribution in [0.3, 0.4) is 0 Å². The number of imidazole rings is 1. The Morgan fingerprint density at radius 1 is 1.37 bits per heavy atom. The van der Waals surface area contributed by atoms with E-state index in [1.54, 1.807) is 11.3 Å². The maximum Gasteiger partial charge on any atom is 0.137 e. The zero-order valence-corrected chi connectivity index (χ0v) is 11.8. The van der Waals surface area contributed by atoms with E-state index >= 15 is 0 Å². The number of fused-ring (bicyclic) bond motifs is 1. The van der Waals surface area contributed by atoms with Gasteiger partial charge in [-0.3, -0.25) is 0 Å². The van der Waals surface area contributed by atoms with Gasteiger partial charge in [0, 0.05) is 30.0 Å². The smallest absolute Gasteiger partial charge is 0.137 e. The van der Waals surface area contributed by atoms with E-state index in [9.17, 15) is 0 Å². The Balaban J connectivity index is 1.68. The summed E-state index contributed by atoms with van der Waals surface area (Å²) < 4.78 is 2.04. The highest BCUT2D eigenvalue weighted by atomic mass is 32.1. The minimum atomic E-state index is 0.253. The van der Waals surface area contributed by atoms with Crippen LogP contribution in [0.25, 0.3) is 5.65 Å². The average molecular weight is 272 g/mol. The molecule has 1 N–H and O–H groups in total. The standard InChI is InChI=1S/C14H16N4S/c1-10-9-19-14(16-10)11(2)15-7-12-8-18-6-4-3-5-13(18)17-12/h3-6,8-9,11,15H,7H2,1-2H3. The molecule has 1 unspecified atom stereocenters. The molecule has 0 aromatic carbocycles. The van der Waals surface area contributed by atoms with Gasteiger partial charge in [-0.1, -0.05) is 6.07 Å². The van der Waals surface area contributed by atoms with Gasteiger partial charge in [-0.2, -0.15) is 0 Å². The van der Waals surface area contributed by atoms with Gasteiger partial charge in [-0.15, -0.1) is 11.3 Å². The second-order valence-corrected chi connectivity index (χ2v) is 5.52. The fourth-order valence-corrected chi connectivity index (χ4v) is 2.82. The molecule has 0 saturated heterocycles. The van der Waals surface area contributed by atoms with Gasteiger partial charge in [0.2, 0.25) is 0 Å². The minimum absolute atomic E-state index is 0.253. The van der Waals surface area contributed by atoms with Gasteiger partial charge in [-0.25, -0.2) is 9.97 Å². The topological polar surface area (TPSA) is 42.2 Å². The average Bonchev–Trinajstić information content (AvgIpc) is 3.01. The maximum atomic E-state index is 4.57. The summed E-state index contributed by atoms with van der Waals surface area (Å²) in [4.78, 5) is 9.06. The van der Waals surface area contributed by atoms with E-state index in [-0.39, 0.29) is 6.04 Å². The van der Waals surface area contributed by atoms with Crippen LogP contribution in [0.1, 0.15) is 29.4 Å². The zero-order valence-electron chi connectivity index (χ0n) is 11.0. The van der Waals surface area contributed by atoms with E-state index in [2.05, 4.69) is 33.8 Å². The molecule has 4 nitrogen and oxygen atoms in total. The van der Waals surface area contributed by atoms with E-state index in [4.69, 9.17) is 0 Å². The summed E-state index contributed by atoms with van der Waals surface area (Å²) in [5, 5.41) is 6.67. The molecule has 0 bridgehead atoms. The number of aromatic nitrogens is 3. The molecule has 0 aliphatic rings. The molecule has 3 rings (SSSR count). The van der Waals surface area contributed by atoms with Crippen LogP contribution >= 0.6 is 11.3 Å². The Hall–Kier alpha value is -1.72. The molecular weight excluding hydrogens is 256 g/mol. The maximum absolute atomic E-state index is 4.57. The van der Waals surface area contributed by atoms with Crippen LogP contribution in [-0.2, 0) is 6.54 Å². The first kappa shape index (κ1) is 12.3. The molecule has 0 spiro atoms. The molecule has 98 valence electrons. The molecule has 0 aliphatic carbocycles. The Morgan fingerprint density at radius 2 is 2.26 bits per heavy atom. The Morgan fingerprint density at radius 3 is 3.00 bits per heavy atom. The first-order valence-electron chi connectivity index (χ1n) is 6.30. The number of thiazole rings is 1. The van der Waals surface area contributed by atoms with E-state index in [1.165, 1.54) is 0 Å². The van der Waals surface area contributed by atoms with Gasteiger partial charge in [0.1, 0.15) is 10.7 Å². The molecule has 1 atom stereocenters. The van der Waals surface area contributed by atoms with Crippen molar-refractivity contribution >= 4 is 17.0 Å². The van der Waals surface area contributed by atoms with Crippen molar-refractivity contribution in [1.29, 1.82) is 0 Å². The lowest BCUT2D eigenvalue weighted by Crippen LogP contribution is -2.18. The van der Waals surface area contributed by atoms with Crippen molar-refractivity contribution in [3.05, 3.63) is 52.4 Å². The van der Waals surface area contributed by atoms with Gasteiger partial charge >= 0.3 is 0 Å². The Kier molecular flexibility index (Phi) is 3.31. The van der Waals surface area contributed by atoms with Crippen molar-refractivity contribution < 1.29 is 0 Å². The second kappa shape index (κ2) is 5.11. The second-order valence-electron chi connectivity index (χ2n) is 4.63. The van der Waals surface area contributed by atoms with Crippen molar-refractivity contribution in [1.82, 2.24) is 19.7 Å². The molecule has 0 amide bonds. The van der Waals surface area contributed by atoms with Crippen molar-refractivity contribution in [2.45, 2.75) is 26.4 Å². The van der Waals surface area contributed by atoms with Crippen molar-refractivity contribution in [2.75, 3.05) is 0 Å². The lowest BCUT2D eigenvalue weighted by Gasteiger charge is -2.09. The van der Waals surface area contributed by atoms with Crippen molar-refractivity contribution in [3.63, 3.8) is 0 Å². The van der Waals surface area contributed by atoms with Crippen LogP contribution in [0.4, 0.5) is 0 Å². The largest absolute Gasteiger partial charge is 0.307 e. The number of hydrogen-bond donors (Lipinski definition) is 1. The molecule has 0 fully saturated rings. The van der Waals surface area contributed by atoms with Crippen LogP contribution in [0.15, 0.2) is 36.0 Å². The van der Waals surface area contributed by atoms with E-state index < -0.39 is 0 Å². The SMILES string of the molecule is Cc1csc(C(C)NCc2cn3ccccc3n2)n1. The molecule has 0 aliphatic heterocycles. The molecule has 0 saturated carbocycles. The highest BCUT2D eigenvalue weighted by molar-refractivity contribution is 7.09. The predicted molar refractivity (Wildman–Crippen MR) is 77.3 cm³/mol. The third-order valence-corrected chi connectivity index (χ3v) is 4.16. The molecule has 3 heterocycles. The number of pyridine rings is 1. The summed E-state index contributed by atoms with van der Waals surface area (Å²) >= 11 is 1.70. The van der Waals surface area contributed by atoms with Gasteiger partial charge in [0.15, 0.2) is 0 Å². The van der Waals surface area contributed by atoms with Gasteiger partial charge in [-0.05, 0) is 26.0 Å². The van der Waals surface area contributed by atoms with Crippen LogP contribution in [-0.4, -0.2) is 14.4 Å². The molecule has 3 aromatic heterocycles. The molecule has 19 heavy (non-hydrogen) atoms. The fraction of sp³-hybridized carbons (Fsp3) is 0.286. The summed E-state index contributed by atoms with van der Waals surface area (Å²) in [5.74, 6) is 0. The molecule has 3 aromatic rings. The Labute approximate surface area is 116 Å². The predicted octanol–water partition coefficient (Wildman–Crippen LogP) is 2.95. The highest BCUT2D eigenvalue weighted by Gasteiger charge is 2.09. The summed E-state index contributed by atoms with van der Waals surface area (Å²) in [6.07, 6.45) is 4.07. The lowest BCUT2D eigenvalue weighted by molar-refractivity contribution is 0.565. The monoisotopic (exact) mass is 272 g/mol. The minimum Gasteiger partial charge on any atom is -0.307 e. The normalized spacial score (nSPS) is 12.9. The van der Waals surface area contributed by atoms with Crippen LogP contribution in [0.2, 0.25) is 0 Å². The lowest BCUT2D eigenvalue weighted by atomic mass is 10.3. The van der Waals surface area contributed by atoms with Gasteiger partial charge < -0.3 is 9.72 Å².